The zero-order valence-electron chi connectivity index (χ0n) is 18.5. The Bertz CT molecular complexity index is 1390. The molecular formula is C24H23N3O6. The van der Waals surface area contributed by atoms with Crippen LogP contribution in [0, 0.1) is 0 Å². The van der Waals surface area contributed by atoms with Gasteiger partial charge >= 0.3 is 5.97 Å². The monoisotopic (exact) mass is 449 g/mol. The van der Waals surface area contributed by atoms with Gasteiger partial charge in [0.25, 0.3) is 12.0 Å². The Labute approximate surface area is 189 Å². The SMILES string of the molecule is CC[C@@]1(OC=O)C(=O)OCc2c1cc1n(c2=O)Cc2c-1nc1ccc(O)cc1c2CN(C)C. The van der Waals surface area contributed by atoms with Crippen molar-refractivity contribution in [3.05, 3.63) is 56.9 Å². The van der Waals surface area contributed by atoms with E-state index in [0.717, 1.165) is 16.5 Å². The standard InChI is InChI=1S/C24H23N3O6/c1-4-24(33-12-28)18-8-20-21-16(10-27(20)22(30)17(18)11-32-23(24)31)15(9-26(2)3)14-7-13(29)5-6-19(14)25-21/h5-8,12,29H,4,9-11H2,1-3H3/t24-/m0/s1. The van der Waals surface area contributed by atoms with E-state index in [0.29, 0.717) is 41.1 Å². The highest BCUT2D eigenvalue weighted by Crippen LogP contribution is 2.42. The zero-order chi connectivity index (χ0) is 23.5. The van der Waals surface area contributed by atoms with Crippen molar-refractivity contribution in [2.75, 3.05) is 14.1 Å². The van der Waals surface area contributed by atoms with Crippen LogP contribution in [0.2, 0.25) is 0 Å². The molecule has 2 aliphatic heterocycles. The summed E-state index contributed by atoms with van der Waals surface area (Å²) in [5.74, 6) is -0.552. The van der Waals surface area contributed by atoms with E-state index < -0.39 is 11.6 Å². The number of hydrogen-bond donors (Lipinski definition) is 1. The normalized spacial score (nSPS) is 18.6. The number of carbonyl (C=O) groups is 2. The van der Waals surface area contributed by atoms with Gasteiger partial charge in [-0.05, 0) is 50.3 Å². The molecular weight excluding hydrogens is 426 g/mol. The van der Waals surface area contributed by atoms with Gasteiger partial charge in [0.15, 0.2) is 0 Å². The van der Waals surface area contributed by atoms with Gasteiger partial charge in [-0.2, -0.15) is 0 Å². The molecule has 0 spiro atoms. The van der Waals surface area contributed by atoms with Crippen molar-refractivity contribution in [3.63, 3.8) is 0 Å². The second kappa shape index (κ2) is 7.41. The average Bonchev–Trinajstić information content (AvgIpc) is 3.15. The Morgan fingerprint density at radius 3 is 2.76 bits per heavy atom. The van der Waals surface area contributed by atoms with Crippen molar-refractivity contribution in [2.24, 2.45) is 0 Å². The van der Waals surface area contributed by atoms with Crippen molar-refractivity contribution >= 4 is 23.3 Å². The van der Waals surface area contributed by atoms with Crippen LogP contribution in [0.5, 0.6) is 5.75 Å². The third-order valence-corrected chi connectivity index (χ3v) is 6.48. The Hall–Kier alpha value is -3.72. The Kier molecular flexibility index (Phi) is 4.75. The molecule has 0 saturated heterocycles. The highest BCUT2D eigenvalue weighted by molar-refractivity contribution is 5.90. The lowest BCUT2D eigenvalue weighted by Gasteiger charge is -2.34. The molecule has 9 nitrogen and oxygen atoms in total. The first-order valence-electron chi connectivity index (χ1n) is 10.7. The van der Waals surface area contributed by atoms with Gasteiger partial charge in [0, 0.05) is 23.1 Å². The number of benzene rings is 1. The fourth-order valence-corrected chi connectivity index (χ4v) is 4.91. The molecule has 2 aromatic heterocycles. The number of cyclic esters (lactones) is 1. The van der Waals surface area contributed by atoms with E-state index in [1.807, 2.05) is 19.0 Å². The number of hydrogen-bond acceptors (Lipinski definition) is 8. The minimum absolute atomic E-state index is 0.129. The Morgan fingerprint density at radius 2 is 2.06 bits per heavy atom. The van der Waals surface area contributed by atoms with Crippen LogP contribution in [0.15, 0.2) is 29.1 Å². The lowest BCUT2D eigenvalue weighted by atomic mass is 9.85. The summed E-state index contributed by atoms with van der Waals surface area (Å²) in [4.78, 5) is 44.3. The molecule has 0 unspecified atom stereocenters. The first-order chi connectivity index (χ1) is 15.8. The van der Waals surface area contributed by atoms with Gasteiger partial charge in [-0.3, -0.25) is 9.59 Å². The summed E-state index contributed by atoms with van der Waals surface area (Å²) in [6.07, 6.45) is 0.129. The molecule has 9 heteroatoms. The van der Waals surface area contributed by atoms with E-state index in [2.05, 4.69) is 0 Å². The molecule has 0 aliphatic carbocycles. The molecule has 33 heavy (non-hydrogen) atoms. The van der Waals surface area contributed by atoms with Crippen molar-refractivity contribution < 1.29 is 24.2 Å². The highest BCUT2D eigenvalue weighted by atomic mass is 16.6. The second-order valence-electron chi connectivity index (χ2n) is 8.64. The Morgan fingerprint density at radius 1 is 1.27 bits per heavy atom. The van der Waals surface area contributed by atoms with Crippen LogP contribution in [0.4, 0.5) is 0 Å². The number of fused-ring (bicyclic) bond motifs is 5. The van der Waals surface area contributed by atoms with Crippen molar-refractivity contribution in [1.82, 2.24) is 14.5 Å². The molecule has 0 bridgehead atoms. The highest BCUT2D eigenvalue weighted by Gasteiger charge is 2.49. The predicted molar refractivity (Wildman–Crippen MR) is 119 cm³/mol. The molecule has 0 saturated carbocycles. The van der Waals surface area contributed by atoms with E-state index in [1.165, 1.54) is 0 Å². The van der Waals surface area contributed by atoms with Gasteiger partial charge < -0.3 is 24.0 Å². The second-order valence-corrected chi connectivity index (χ2v) is 8.64. The molecule has 0 radical (unpaired) electrons. The minimum atomic E-state index is -1.66. The smallest absolute Gasteiger partial charge is 0.355 e. The molecule has 1 aromatic carbocycles. The number of rotatable bonds is 5. The van der Waals surface area contributed by atoms with E-state index in [1.54, 1.807) is 35.8 Å². The average molecular weight is 449 g/mol. The van der Waals surface area contributed by atoms with Crippen LogP contribution >= 0.6 is 0 Å². The third-order valence-electron chi connectivity index (χ3n) is 6.48. The van der Waals surface area contributed by atoms with Crippen molar-refractivity contribution in [3.8, 4) is 17.1 Å². The summed E-state index contributed by atoms with van der Waals surface area (Å²) in [6, 6.07) is 6.73. The number of phenolic OH excluding ortho intramolecular Hbond substituents is 1. The van der Waals surface area contributed by atoms with Gasteiger partial charge in [0.1, 0.15) is 12.4 Å². The zero-order valence-corrected chi connectivity index (χ0v) is 18.5. The molecule has 170 valence electrons. The number of aromatic hydroxyl groups is 1. The van der Waals surface area contributed by atoms with Crippen molar-refractivity contribution in [1.29, 1.82) is 0 Å². The topological polar surface area (TPSA) is 111 Å². The fourth-order valence-electron chi connectivity index (χ4n) is 4.91. The largest absolute Gasteiger partial charge is 0.508 e. The van der Waals surface area contributed by atoms with E-state index in [9.17, 15) is 19.5 Å². The lowest BCUT2D eigenvalue weighted by Crippen LogP contribution is -2.46. The Balaban J connectivity index is 1.82. The molecule has 1 atom stereocenters. The third kappa shape index (κ3) is 2.96. The quantitative estimate of drug-likeness (QED) is 0.364. The summed E-state index contributed by atoms with van der Waals surface area (Å²) in [7, 11) is 3.90. The molecule has 0 fully saturated rings. The number of pyridine rings is 2. The van der Waals surface area contributed by atoms with Gasteiger partial charge in [0.2, 0.25) is 5.60 Å². The number of nitrogens with zero attached hydrogens (tertiary/aromatic N) is 3. The summed E-state index contributed by atoms with van der Waals surface area (Å²) < 4.78 is 12.1. The van der Waals surface area contributed by atoms with Crippen molar-refractivity contribution in [2.45, 2.75) is 38.6 Å². The summed E-state index contributed by atoms with van der Waals surface area (Å²) in [6.45, 7) is 2.63. The number of carbonyl (C=O) groups excluding carboxylic acids is 2. The maximum absolute atomic E-state index is 13.5. The lowest BCUT2D eigenvalue weighted by molar-refractivity contribution is -0.182. The summed E-state index contributed by atoms with van der Waals surface area (Å²) in [5.41, 5.74) is 2.41. The molecule has 3 aromatic rings. The minimum Gasteiger partial charge on any atom is -0.508 e. The summed E-state index contributed by atoms with van der Waals surface area (Å²) >= 11 is 0. The maximum atomic E-state index is 13.5. The molecule has 2 aliphatic rings. The molecule has 1 N–H and O–H groups in total. The molecule has 5 rings (SSSR count). The van der Waals surface area contributed by atoms with E-state index in [-0.39, 0.29) is 30.8 Å². The van der Waals surface area contributed by atoms with Crippen LogP contribution in [0.25, 0.3) is 22.3 Å². The predicted octanol–water partition coefficient (Wildman–Crippen LogP) is 2.03. The number of phenols is 1. The molecule has 4 heterocycles. The number of aromatic nitrogens is 2. The van der Waals surface area contributed by atoms with Gasteiger partial charge in [-0.15, -0.1) is 0 Å². The first kappa shape index (κ1) is 21.1. The van der Waals surface area contributed by atoms with E-state index in [4.69, 9.17) is 14.5 Å². The molecule has 0 amide bonds. The van der Waals surface area contributed by atoms with Gasteiger partial charge in [-0.1, -0.05) is 6.92 Å². The van der Waals surface area contributed by atoms with Crippen LogP contribution < -0.4 is 5.56 Å². The van der Waals surface area contributed by atoms with Crippen LogP contribution in [0.1, 0.15) is 35.6 Å². The number of ether oxygens (including phenoxy) is 2. The van der Waals surface area contributed by atoms with Gasteiger partial charge in [0.05, 0.1) is 29.0 Å². The van der Waals surface area contributed by atoms with Crippen LogP contribution in [-0.2, 0) is 44.4 Å². The van der Waals surface area contributed by atoms with Crippen LogP contribution in [0.3, 0.4) is 0 Å². The summed E-state index contributed by atoms with van der Waals surface area (Å²) in [5, 5.41) is 10.9. The number of esters is 1. The van der Waals surface area contributed by atoms with Crippen LogP contribution in [-0.4, -0.2) is 46.1 Å². The van der Waals surface area contributed by atoms with Gasteiger partial charge in [-0.25, -0.2) is 9.78 Å². The maximum Gasteiger partial charge on any atom is 0.355 e. The van der Waals surface area contributed by atoms with E-state index >= 15 is 0 Å². The fraction of sp³-hybridized carbons (Fsp3) is 0.333. The first-order valence-corrected chi connectivity index (χ1v) is 10.7.